The van der Waals surface area contributed by atoms with Crippen LogP contribution in [0, 0.1) is 0 Å². The van der Waals surface area contributed by atoms with Crippen molar-refractivity contribution in [3.63, 3.8) is 0 Å². The second-order valence-corrected chi connectivity index (χ2v) is 6.90. The van der Waals surface area contributed by atoms with E-state index in [0.29, 0.717) is 11.3 Å². The Kier molecular flexibility index (Phi) is 4.13. The number of aromatic amines is 1. The zero-order valence-electron chi connectivity index (χ0n) is 14.6. The number of H-pyrrole nitrogens is 1. The summed E-state index contributed by atoms with van der Waals surface area (Å²) in [6.07, 6.45) is 6.31. The monoisotopic (exact) mass is 337 g/mol. The molecule has 1 aromatic carbocycles. The van der Waals surface area contributed by atoms with Gasteiger partial charge in [0.1, 0.15) is 5.82 Å². The molecule has 2 aromatic heterocycles. The molecule has 0 spiro atoms. The topological polar surface area (TPSA) is 66.8 Å². The quantitative estimate of drug-likeness (QED) is 0.798. The van der Waals surface area contributed by atoms with Gasteiger partial charge in [-0.25, -0.2) is 4.98 Å². The van der Waals surface area contributed by atoms with E-state index < -0.39 is 0 Å². The highest BCUT2D eigenvalue weighted by molar-refractivity contribution is 5.77. The van der Waals surface area contributed by atoms with Crippen LogP contribution in [-0.2, 0) is 7.05 Å². The summed E-state index contributed by atoms with van der Waals surface area (Å²) in [6.45, 7) is 4.12. The Morgan fingerprint density at radius 2 is 2.00 bits per heavy atom. The predicted molar refractivity (Wildman–Crippen MR) is 97.5 cm³/mol. The van der Waals surface area contributed by atoms with Crippen LogP contribution in [0.2, 0.25) is 0 Å². The zero-order chi connectivity index (χ0) is 17.4. The first kappa shape index (κ1) is 16.0. The summed E-state index contributed by atoms with van der Waals surface area (Å²) in [6, 6.07) is 7.60. The van der Waals surface area contributed by atoms with Crippen LogP contribution in [0.25, 0.3) is 10.9 Å². The highest BCUT2D eigenvalue weighted by Crippen LogP contribution is 2.31. The van der Waals surface area contributed by atoms with Gasteiger partial charge in [0.2, 0.25) is 0 Å². The molecule has 3 aromatic rings. The molecule has 1 aliphatic heterocycles. The molecule has 0 bridgehead atoms. The lowest BCUT2D eigenvalue weighted by Crippen LogP contribution is -2.36. The molecule has 1 saturated heterocycles. The number of aryl methyl sites for hydroxylation is 1. The fourth-order valence-corrected chi connectivity index (χ4v) is 3.75. The average molecular weight is 337 g/mol. The van der Waals surface area contributed by atoms with Gasteiger partial charge in [-0.05, 0) is 56.5 Å². The van der Waals surface area contributed by atoms with Gasteiger partial charge in [0.25, 0.3) is 5.56 Å². The molecule has 0 saturated carbocycles. The van der Waals surface area contributed by atoms with Crippen molar-refractivity contribution in [2.75, 3.05) is 13.1 Å². The van der Waals surface area contributed by atoms with Crippen molar-refractivity contribution in [3.8, 4) is 0 Å². The lowest BCUT2D eigenvalue weighted by atomic mass is 9.91. The molecule has 1 fully saturated rings. The van der Waals surface area contributed by atoms with E-state index in [1.807, 2.05) is 42.2 Å². The van der Waals surface area contributed by atoms with Crippen molar-refractivity contribution in [3.05, 3.63) is 58.4 Å². The number of rotatable bonds is 3. The number of nitrogens with zero attached hydrogens (tertiary/aromatic N) is 4. The largest absolute Gasteiger partial charge is 0.309 e. The Balaban J connectivity index is 1.50. The van der Waals surface area contributed by atoms with E-state index in [4.69, 9.17) is 0 Å². The van der Waals surface area contributed by atoms with Gasteiger partial charge in [0.15, 0.2) is 0 Å². The number of likely N-dealkylation sites (tertiary alicyclic amines) is 1. The van der Waals surface area contributed by atoms with Gasteiger partial charge < -0.3 is 4.98 Å². The summed E-state index contributed by atoms with van der Waals surface area (Å²) in [5.41, 5.74) is 2.03. The van der Waals surface area contributed by atoms with Crippen LogP contribution >= 0.6 is 0 Å². The predicted octanol–water partition coefficient (Wildman–Crippen LogP) is 2.60. The first-order valence-electron chi connectivity index (χ1n) is 8.83. The van der Waals surface area contributed by atoms with E-state index in [2.05, 4.69) is 33.1 Å². The molecule has 1 N–H and O–H groups in total. The Hall–Kier alpha value is -2.47. The molecule has 4 rings (SSSR count). The van der Waals surface area contributed by atoms with Crippen molar-refractivity contribution in [2.45, 2.75) is 31.7 Å². The van der Waals surface area contributed by atoms with Gasteiger partial charge in [0, 0.05) is 13.2 Å². The first-order chi connectivity index (χ1) is 12.1. The van der Waals surface area contributed by atoms with Gasteiger partial charge in [0.05, 0.1) is 23.1 Å². The minimum Gasteiger partial charge on any atom is -0.309 e. The van der Waals surface area contributed by atoms with Crippen LogP contribution in [0.1, 0.15) is 43.1 Å². The molecular formula is C19H23N5O. The van der Waals surface area contributed by atoms with E-state index in [1.165, 1.54) is 5.56 Å². The van der Waals surface area contributed by atoms with Crippen LogP contribution in [-0.4, -0.2) is 37.7 Å². The van der Waals surface area contributed by atoms with Crippen molar-refractivity contribution in [1.29, 1.82) is 0 Å². The van der Waals surface area contributed by atoms with Gasteiger partial charge in [-0.15, -0.1) is 0 Å². The minimum absolute atomic E-state index is 0.0577. The average Bonchev–Trinajstić information content (AvgIpc) is 3.07. The van der Waals surface area contributed by atoms with Gasteiger partial charge >= 0.3 is 0 Å². The molecule has 0 unspecified atom stereocenters. The van der Waals surface area contributed by atoms with E-state index in [9.17, 15) is 4.79 Å². The van der Waals surface area contributed by atoms with Gasteiger partial charge in [-0.3, -0.25) is 14.4 Å². The van der Waals surface area contributed by atoms with E-state index in [-0.39, 0.29) is 11.6 Å². The van der Waals surface area contributed by atoms with E-state index in [0.717, 1.165) is 37.3 Å². The zero-order valence-corrected chi connectivity index (χ0v) is 14.6. The summed E-state index contributed by atoms with van der Waals surface area (Å²) < 4.78 is 1.87. The standard InChI is InChI=1S/C19H23N5O/c1-13(18-21-17-6-4-3-5-16(17)19(25)22-18)24-9-7-14(8-10-24)15-11-20-23(2)12-15/h3-6,11-14H,7-10H2,1-2H3,(H,21,22,25)/t13-/m0/s1. The van der Waals surface area contributed by atoms with Gasteiger partial charge in [-0.1, -0.05) is 12.1 Å². The smallest absolute Gasteiger partial charge is 0.258 e. The lowest BCUT2D eigenvalue weighted by molar-refractivity contribution is 0.157. The molecule has 130 valence electrons. The van der Waals surface area contributed by atoms with E-state index >= 15 is 0 Å². The van der Waals surface area contributed by atoms with Crippen LogP contribution in [0.5, 0.6) is 0 Å². The summed E-state index contributed by atoms with van der Waals surface area (Å²) in [5.74, 6) is 1.32. The maximum absolute atomic E-state index is 12.3. The fourth-order valence-electron chi connectivity index (χ4n) is 3.75. The Morgan fingerprint density at radius 1 is 1.24 bits per heavy atom. The summed E-state index contributed by atoms with van der Waals surface area (Å²) in [4.78, 5) is 22.4. The van der Waals surface area contributed by atoms with Crippen LogP contribution < -0.4 is 5.56 Å². The van der Waals surface area contributed by atoms with Crippen molar-refractivity contribution < 1.29 is 0 Å². The third kappa shape index (κ3) is 3.09. The number of aromatic nitrogens is 4. The Morgan fingerprint density at radius 3 is 2.72 bits per heavy atom. The molecule has 0 amide bonds. The number of piperidine rings is 1. The SMILES string of the molecule is C[C@@H](c1nc2ccccc2c(=O)[nH]1)N1CCC(c2cnn(C)c2)CC1. The third-order valence-corrected chi connectivity index (χ3v) is 5.30. The molecule has 0 radical (unpaired) electrons. The maximum Gasteiger partial charge on any atom is 0.258 e. The second-order valence-electron chi connectivity index (χ2n) is 6.90. The van der Waals surface area contributed by atoms with Crippen LogP contribution in [0.4, 0.5) is 0 Å². The molecular weight excluding hydrogens is 314 g/mol. The van der Waals surface area contributed by atoms with Gasteiger partial charge in [-0.2, -0.15) is 5.10 Å². The minimum atomic E-state index is -0.0577. The Bertz CT molecular complexity index is 936. The molecule has 3 heterocycles. The van der Waals surface area contributed by atoms with E-state index in [1.54, 1.807) is 0 Å². The van der Waals surface area contributed by atoms with Crippen molar-refractivity contribution in [1.82, 2.24) is 24.6 Å². The fraction of sp³-hybridized carbons (Fsp3) is 0.421. The maximum atomic E-state index is 12.3. The normalized spacial score (nSPS) is 17.8. The van der Waals surface area contributed by atoms with Crippen LogP contribution in [0.3, 0.4) is 0 Å². The second kappa shape index (κ2) is 6.44. The number of nitrogens with one attached hydrogen (secondary N) is 1. The number of fused-ring (bicyclic) bond motifs is 1. The lowest BCUT2D eigenvalue weighted by Gasteiger charge is -2.35. The summed E-state index contributed by atoms with van der Waals surface area (Å²) in [7, 11) is 1.96. The number of para-hydroxylation sites is 1. The van der Waals surface area contributed by atoms with Crippen molar-refractivity contribution >= 4 is 10.9 Å². The molecule has 1 atom stereocenters. The molecule has 6 nitrogen and oxygen atoms in total. The van der Waals surface area contributed by atoms with Crippen LogP contribution in [0.15, 0.2) is 41.5 Å². The molecule has 6 heteroatoms. The molecule has 0 aliphatic carbocycles. The molecule has 25 heavy (non-hydrogen) atoms. The Labute approximate surface area is 146 Å². The molecule has 1 aliphatic rings. The number of hydrogen-bond donors (Lipinski definition) is 1. The third-order valence-electron chi connectivity index (χ3n) is 5.30. The number of benzene rings is 1. The summed E-state index contributed by atoms with van der Waals surface area (Å²) in [5, 5.41) is 4.93. The van der Waals surface area contributed by atoms with Crippen molar-refractivity contribution in [2.24, 2.45) is 7.05 Å². The number of hydrogen-bond acceptors (Lipinski definition) is 4. The highest BCUT2D eigenvalue weighted by Gasteiger charge is 2.26. The summed E-state index contributed by atoms with van der Waals surface area (Å²) >= 11 is 0. The first-order valence-corrected chi connectivity index (χ1v) is 8.83. The highest BCUT2D eigenvalue weighted by atomic mass is 16.1.